The first-order valence-electron chi connectivity index (χ1n) is 10.5. The molecule has 0 aliphatic carbocycles. The van der Waals surface area contributed by atoms with E-state index in [1.54, 1.807) is 19.1 Å². The topological polar surface area (TPSA) is 166 Å². The summed E-state index contributed by atoms with van der Waals surface area (Å²) < 4.78 is 5.52. The van der Waals surface area contributed by atoms with Crippen LogP contribution in [-0.4, -0.2) is 27.4 Å². The van der Waals surface area contributed by atoms with Crippen molar-refractivity contribution in [2.45, 2.75) is 20.8 Å². The highest BCUT2D eigenvalue weighted by atomic mass is 16.6. The molecule has 0 atom stereocenters. The van der Waals surface area contributed by atoms with E-state index < -0.39 is 33.0 Å². The van der Waals surface area contributed by atoms with E-state index in [-0.39, 0.29) is 11.5 Å². The van der Waals surface area contributed by atoms with Gasteiger partial charge >= 0.3 is 17.5 Å². The molecule has 3 aromatic carbocycles. The molecule has 0 aromatic heterocycles. The van der Waals surface area contributed by atoms with Crippen LogP contribution in [0.5, 0.6) is 11.5 Å². The van der Waals surface area contributed by atoms with Crippen molar-refractivity contribution in [3.05, 3.63) is 97.6 Å². The van der Waals surface area contributed by atoms with Crippen LogP contribution in [0.25, 0.3) is 0 Å². The molecule has 0 bridgehead atoms. The summed E-state index contributed by atoms with van der Waals surface area (Å²) in [5, 5.41) is 28.6. The van der Waals surface area contributed by atoms with E-state index in [2.05, 4.69) is 15.8 Å². The van der Waals surface area contributed by atoms with E-state index in [0.29, 0.717) is 17.0 Å². The van der Waals surface area contributed by atoms with E-state index in [1.807, 2.05) is 32.0 Å². The number of nitrogens with one attached hydrogen (secondary N) is 2. The van der Waals surface area contributed by atoms with Gasteiger partial charge in [0.25, 0.3) is 5.69 Å². The molecule has 12 heteroatoms. The number of nitro benzene ring substituents is 2. The van der Waals surface area contributed by atoms with E-state index in [9.17, 15) is 29.8 Å². The molecule has 36 heavy (non-hydrogen) atoms. The van der Waals surface area contributed by atoms with E-state index >= 15 is 0 Å². The molecule has 3 rings (SSSR count). The molecule has 0 aliphatic rings. The standard InChI is InChI=1S/C24H21N5O7/c1-14-5-4-6-15(2)22(14)25-23(30)24(31)27-26-16(3)17-7-10-19(11-8-17)36-21-12-9-18(28(32)33)13-20(21)29(34)35/h4-13H,1-3H3,(H,25,30)(H,27,31)/b26-16+. The third-order valence-electron chi connectivity index (χ3n) is 5.10. The lowest BCUT2D eigenvalue weighted by Gasteiger charge is -2.10. The van der Waals surface area contributed by atoms with Crippen LogP contribution in [-0.2, 0) is 9.59 Å². The predicted molar refractivity (Wildman–Crippen MR) is 131 cm³/mol. The van der Waals surface area contributed by atoms with Gasteiger partial charge in [-0.25, -0.2) is 5.43 Å². The molecule has 12 nitrogen and oxygen atoms in total. The Kier molecular flexibility index (Phi) is 7.69. The van der Waals surface area contributed by atoms with E-state index in [4.69, 9.17) is 4.74 Å². The molecule has 0 saturated carbocycles. The van der Waals surface area contributed by atoms with Gasteiger partial charge in [-0.2, -0.15) is 5.10 Å². The highest BCUT2D eigenvalue weighted by molar-refractivity contribution is 6.39. The molecule has 3 aromatic rings. The van der Waals surface area contributed by atoms with Gasteiger partial charge in [-0.15, -0.1) is 0 Å². The maximum atomic E-state index is 12.2. The number of ether oxygens (including phenoxy) is 1. The lowest BCUT2D eigenvalue weighted by molar-refractivity contribution is -0.394. The van der Waals surface area contributed by atoms with Crippen LogP contribution in [0.2, 0.25) is 0 Å². The Morgan fingerprint density at radius 1 is 0.889 bits per heavy atom. The summed E-state index contributed by atoms with van der Waals surface area (Å²) in [6, 6.07) is 14.7. The SMILES string of the molecule is C/C(=N\NC(=O)C(=O)Nc1c(C)cccc1C)c1ccc(Oc2ccc([N+](=O)[O-])cc2[N+](=O)[O-])cc1. The van der Waals surface area contributed by atoms with Crippen LogP contribution >= 0.6 is 0 Å². The van der Waals surface area contributed by atoms with E-state index in [1.165, 1.54) is 12.1 Å². The van der Waals surface area contributed by atoms with Crippen LogP contribution < -0.4 is 15.5 Å². The number of rotatable bonds is 7. The minimum atomic E-state index is -0.942. The number of anilines is 1. The maximum absolute atomic E-state index is 12.2. The van der Waals surface area contributed by atoms with Crippen molar-refractivity contribution >= 4 is 34.6 Å². The van der Waals surface area contributed by atoms with Gasteiger partial charge in [0, 0.05) is 11.8 Å². The number of non-ortho nitro benzene ring substituents is 1. The smallest absolute Gasteiger partial charge is 0.329 e. The minimum absolute atomic E-state index is 0.161. The van der Waals surface area contributed by atoms with Gasteiger partial charge in [-0.1, -0.05) is 18.2 Å². The molecule has 0 saturated heterocycles. The number of hydrogen-bond acceptors (Lipinski definition) is 8. The number of carbonyl (C=O) groups excluding carboxylic acids is 2. The second-order valence-corrected chi connectivity index (χ2v) is 7.65. The van der Waals surface area contributed by atoms with Crippen LogP contribution in [0, 0.1) is 34.1 Å². The van der Waals surface area contributed by atoms with Gasteiger partial charge in [-0.05, 0) is 67.8 Å². The number of aryl methyl sites for hydroxylation is 2. The zero-order chi connectivity index (χ0) is 26.4. The second kappa shape index (κ2) is 10.9. The number of amides is 2. The van der Waals surface area contributed by atoms with Crippen molar-refractivity contribution in [1.82, 2.24) is 5.43 Å². The monoisotopic (exact) mass is 491 g/mol. The van der Waals surface area contributed by atoms with Crippen molar-refractivity contribution < 1.29 is 24.2 Å². The molecule has 0 fully saturated rings. The number of hydrazone groups is 1. The third kappa shape index (κ3) is 6.05. The predicted octanol–water partition coefficient (Wildman–Crippen LogP) is 4.39. The van der Waals surface area contributed by atoms with Gasteiger partial charge in [0.2, 0.25) is 5.75 Å². The minimum Gasteiger partial charge on any atom is -0.450 e. The first-order valence-corrected chi connectivity index (χ1v) is 10.5. The second-order valence-electron chi connectivity index (χ2n) is 7.65. The largest absolute Gasteiger partial charge is 0.450 e. The summed E-state index contributed by atoms with van der Waals surface area (Å²) in [4.78, 5) is 45.0. The summed E-state index contributed by atoms with van der Waals surface area (Å²) in [6.45, 7) is 5.24. The van der Waals surface area contributed by atoms with Crippen molar-refractivity contribution in [2.24, 2.45) is 5.10 Å². The van der Waals surface area contributed by atoms with Gasteiger partial charge in [-0.3, -0.25) is 29.8 Å². The van der Waals surface area contributed by atoms with Crippen LogP contribution in [0.4, 0.5) is 17.1 Å². The third-order valence-corrected chi connectivity index (χ3v) is 5.10. The van der Waals surface area contributed by atoms with Gasteiger partial charge in [0.1, 0.15) is 5.75 Å². The average Bonchev–Trinajstić information content (AvgIpc) is 2.84. The molecule has 0 aliphatic heterocycles. The van der Waals surface area contributed by atoms with E-state index in [0.717, 1.165) is 29.3 Å². The molecule has 2 N–H and O–H groups in total. The fourth-order valence-corrected chi connectivity index (χ4v) is 3.17. The molecule has 0 spiro atoms. The highest BCUT2D eigenvalue weighted by Crippen LogP contribution is 2.34. The Labute approximate surface area is 204 Å². The summed E-state index contributed by atoms with van der Waals surface area (Å²) >= 11 is 0. The van der Waals surface area contributed by atoms with Gasteiger partial charge in [0.05, 0.1) is 21.6 Å². The molecular formula is C24H21N5O7. The van der Waals surface area contributed by atoms with Crippen molar-refractivity contribution in [1.29, 1.82) is 0 Å². The lowest BCUT2D eigenvalue weighted by atomic mass is 10.1. The summed E-state index contributed by atoms with van der Waals surface area (Å²) in [5.74, 6) is -1.73. The molecule has 0 heterocycles. The molecule has 0 unspecified atom stereocenters. The van der Waals surface area contributed by atoms with Gasteiger partial charge < -0.3 is 10.1 Å². The lowest BCUT2D eigenvalue weighted by Crippen LogP contribution is -2.33. The average molecular weight is 491 g/mol. The molecule has 2 amide bonds. The molecule has 0 radical (unpaired) electrons. The summed E-state index contributed by atoms with van der Waals surface area (Å²) in [5.41, 5.74) is 4.38. The quantitative estimate of drug-likeness (QED) is 0.214. The Morgan fingerprint density at radius 2 is 1.53 bits per heavy atom. The number of carbonyl (C=O) groups is 2. The number of benzene rings is 3. The summed E-state index contributed by atoms with van der Waals surface area (Å²) in [7, 11) is 0. The fourth-order valence-electron chi connectivity index (χ4n) is 3.17. The van der Waals surface area contributed by atoms with Crippen molar-refractivity contribution in [3.8, 4) is 11.5 Å². The van der Waals surface area contributed by atoms with Crippen molar-refractivity contribution in [2.75, 3.05) is 5.32 Å². The number of hydrogen-bond donors (Lipinski definition) is 2. The van der Waals surface area contributed by atoms with Crippen LogP contribution in [0.1, 0.15) is 23.6 Å². The number of nitro groups is 2. The maximum Gasteiger partial charge on any atom is 0.329 e. The van der Waals surface area contributed by atoms with Gasteiger partial charge in [0.15, 0.2) is 0 Å². The normalized spacial score (nSPS) is 10.9. The highest BCUT2D eigenvalue weighted by Gasteiger charge is 2.21. The Morgan fingerprint density at radius 3 is 2.11 bits per heavy atom. The first-order chi connectivity index (χ1) is 17.1. The first kappa shape index (κ1) is 25.5. The molecule has 184 valence electrons. The van der Waals surface area contributed by atoms with Crippen molar-refractivity contribution in [3.63, 3.8) is 0 Å². The Bertz CT molecular complexity index is 1360. The Balaban J connectivity index is 1.66. The fraction of sp³-hybridized carbons (Fsp3) is 0.125. The molecular weight excluding hydrogens is 470 g/mol. The number of para-hydroxylation sites is 1. The summed E-state index contributed by atoms with van der Waals surface area (Å²) in [6.07, 6.45) is 0. The van der Waals surface area contributed by atoms with Crippen LogP contribution in [0.15, 0.2) is 65.8 Å². The Hall–Kier alpha value is -5.13. The van der Waals surface area contributed by atoms with Crippen LogP contribution in [0.3, 0.4) is 0 Å². The zero-order valence-corrected chi connectivity index (χ0v) is 19.5. The zero-order valence-electron chi connectivity index (χ0n) is 19.5. The number of nitrogens with zero attached hydrogens (tertiary/aromatic N) is 3.